The van der Waals surface area contributed by atoms with Gasteiger partial charge in [-0.05, 0) is 47.9 Å². The zero-order valence-electron chi connectivity index (χ0n) is 19.1. The van der Waals surface area contributed by atoms with Crippen LogP contribution >= 0.6 is 0 Å². The Morgan fingerprint density at radius 1 is 0.971 bits per heavy atom. The van der Waals surface area contributed by atoms with Crippen LogP contribution in [-0.2, 0) is 28.7 Å². The van der Waals surface area contributed by atoms with Gasteiger partial charge in [0.05, 0.1) is 6.61 Å². The lowest BCUT2D eigenvalue weighted by Gasteiger charge is -2.19. The third-order valence-electron chi connectivity index (χ3n) is 5.97. The first-order valence-electron chi connectivity index (χ1n) is 11.4. The molecule has 3 N–H and O–H groups in total. The predicted molar refractivity (Wildman–Crippen MR) is 122 cm³/mol. The molecule has 2 amide bonds. The Morgan fingerprint density at radius 2 is 1.57 bits per heavy atom. The minimum Gasteiger partial charge on any atom is -0.479 e. The molecule has 2 atom stereocenters. The first-order chi connectivity index (χ1) is 16.9. The first kappa shape index (κ1) is 24.2. The van der Waals surface area contributed by atoms with Gasteiger partial charge in [0.1, 0.15) is 6.61 Å². The standard InChI is InChI=1S/C25H26N2O8/c1-2-33-24(31)20(22(28)27-35-21(23(29)30)14-11-12-14)26-25(32)34-13-19-17-9-5-3-7-15(17)16-8-4-6-10-18(16)19/h3-10,14,19-21H,2,11-13H2,1H3,(H,26,32)(H,27,28)(H,29,30). The summed E-state index contributed by atoms with van der Waals surface area (Å²) >= 11 is 0. The van der Waals surface area contributed by atoms with Crippen molar-refractivity contribution in [3.05, 3.63) is 59.7 Å². The summed E-state index contributed by atoms with van der Waals surface area (Å²) in [6, 6.07) is 13.8. The molecule has 10 heteroatoms. The molecule has 35 heavy (non-hydrogen) atoms. The molecule has 0 radical (unpaired) electrons. The molecule has 2 aliphatic rings. The summed E-state index contributed by atoms with van der Waals surface area (Å²) < 4.78 is 10.3. The zero-order chi connectivity index (χ0) is 24.9. The first-order valence-corrected chi connectivity index (χ1v) is 11.4. The van der Waals surface area contributed by atoms with E-state index in [1.807, 2.05) is 54.0 Å². The number of hydrogen-bond acceptors (Lipinski definition) is 7. The Bertz CT molecular complexity index is 1080. The van der Waals surface area contributed by atoms with Gasteiger partial charge >= 0.3 is 18.0 Å². The van der Waals surface area contributed by atoms with Gasteiger partial charge in [-0.15, -0.1) is 0 Å². The Morgan fingerprint density at radius 3 is 2.11 bits per heavy atom. The summed E-state index contributed by atoms with van der Waals surface area (Å²) in [5, 5.41) is 11.4. The maximum absolute atomic E-state index is 12.6. The molecule has 184 valence electrons. The Kier molecular flexibility index (Phi) is 7.31. The second-order valence-electron chi connectivity index (χ2n) is 8.34. The Balaban J connectivity index is 1.40. The van der Waals surface area contributed by atoms with Crippen LogP contribution in [0.2, 0.25) is 0 Å². The molecule has 0 bridgehead atoms. The molecule has 10 nitrogen and oxygen atoms in total. The van der Waals surface area contributed by atoms with E-state index in [1.54, 1.807) is 6.92 Å². The van der Waals surface area contributed by atoms with Crippen LogP contribution in [0.15, 0.2) is 48.5 Å². The SMILES string of the molecule is CCOC(=O)C(NC(=O)OCC1c2ccccc2-c2ccccc21)C(=O)NOC(C(=O)O)C1CC1. The van der Waals surface area contributed by atoms with E-state index < -0.39 is 36.1 Å². The number of carbonyl (C=O) groups excluding carboxylic acids is 3. The molecule has 1 fully saturated rings. The number of amides is 2. The van der Waals surface area contributed by atoms with Crippen LogP contribution in [0, 0.1) is 5.92 Å². The molecular weight excluding hydrogens is 456 g/mol. The number of carbonyl (C=O) groups is 4. The van der Waals surface area contributed by atoms with Crippen molar-refractivity contribution in [1.29, 1.82) is 0 Å². The van der Waals surface area contributed by atoms with Crippen molar-refractivity contribution in [2.75, 3.05) is 13.2 Å². The summed E-state index contributed by atoms with van der Waals surface area (Å²) in [5.74, 6) is -3.75. The van der Waals surface area contributed by atoms with Crippen molar-refractivity contribution < 1.29 is 38.6 Å². The molecule has 0 heterocycles. The third kappa shape index (κ3) is 5.43. The Hall–Kier alpha value is -3.92. The largest absolute Gasteiger partial charge is 0.479 e. The second-order valence-corrected chi connectivity index (χ2v) is 8.34. The highest BCUT2D eigenvalue weighted by molar-refractivity contribution is 6.03. The second kappa shape index (κ2) is 10.6. The van der Waals surface area contributed by atoms with Gasteiger partial charge in [-0.2, -0.15) is 0 Å². The number of hydrogen-bond donors (Lipinski definition) is 3. The van der Waals surface area contributed by atoms with Crippen LogP contribution in [0.1, 0.15) is 36.8 Å². The monoisotopic (exact) mass is 482 g/mol. The van der Waals surface area contributed by atoms with Crippen LogP contribution < -0.4 is 10.8 Å². The van der Waals surface area contributed by atoms with Gasteiger partial charge < -0.3 is 14.6 Å². The van der Waals surface area contributed by atoms with E-state index in [-0.39, 0.29) is 25.0 Å². The zero-order valence-corrected chi connectivity index (χ0v) is 19.1. The fraction of sp³-hybridized carbons (Fsp3) is 0.360. The lowest BCUT2D eigenvalue weighted by molar-refractivity contribution is -0.165. The number of alkyl carbamates (subject to hydrolysis) is 1. The maximum Gasteiger partial charge on any atom is 0.408 e. The van der Waals surface area contributed by atoms with Crippen molar-refractivity contribution >= 4 is 23.9 Å². The van der Waals surface area contributed by atoms with E-state index >= 15 is 0 Å². The average molecular weight is 482 g/mol. The van der Waals surface area contributed by atoms with Crippen LogP contribution in [0.5, 0.6) is 0 Å². The normalized spacial score (nSPS) is 15.8. The van der Waals surface area contributed by atoms with Gasteiger partial charge in [0.15, 0.2) is 6.10 Å². The van der Waals surface area contributed by atoms with E-state index in [9.17, 15) is 24.3 Å². The average Bonchev–Trinajstić information content (AvgIpc) is 3.63. The van der Waals surface area contributed by atoms with Crippen LogP contribution in [-0.4, -0.2) is 54.4 Å². The lowest BCUT2D eigenvalue weighted by Crippen LogP contribution is -2.53. The van der Waals surface area contributed by atoms with Crippen molar-refractivity contribution in [3.8, 4) is 11.1 Å². The minimum atomic E-state index is -1.78. The highest BCUT2D eigenvalue weighted by atomic mass is 16.7. The molecule has 2 aromatic rings. The van der Waals surface area contributed by atoms with Crippen molar-refractivity contribution in [2.45, 2.75) is 37.8 Å². The van der Waals surface area contributed by atoms with Gasteiger partial charge in [0.2, 0.25) is 6.04 Å². The van der Waals surface area contributed by atoms with Crippen molar-refractivity contribution in [2.24, 2.45) is 5.92 Å². The number of benzene rings is 2. The number of hydroxylamine groups is 1. The number of rotatable bonds is 10. The fourth-order valence-electron chi connectivity index (χ4n) is 4.14. The number of nitrogens with one attached hydrogen (secondary N) is 2. The number of carboxylic acid groups (broad SMARTS) is 1. The van der Waals surface area contributed by atoms with Gasteiger partial charge in [0.25, 0.3) is 5.91 Å². The molecule has 2 aliphatic carbocycles. The van der Waals surface area contributed by atoms with Crippen molar-refractivity contribution in [1.82, 2.24) is 10.8 Å². The smallest absolute Gasteiger partial charge is 0.408 e. The van der Waals surface area contributed by atoms with Crippen LogP contribution in [0.3, 0.4) is 0 Å². The molecular formula is C25H26N2O8. The van der Waals surface area contributed by atoms with Gasteiger partial charge in [-0.1, -0.05) is 48.5 Å². The highest BCUT2D eigenvalue weighted by Gasteiger charge is 2.39. The number of carboxylic acids is 1. The van der Waals surface area contributed by atoms with E-state index in [1.165, 1.54) is 0 Å². The molecule has 0 aromatic heterocycles. The molecule has 0 spiro atoms. The van der Waals surface area contributed by atoms with E-state index in [2.05, 4.69) is 5.32 Å². The van der Waals surface area contributed by atoms with Crippen molar-refractivity contribution in [3.63, 3.8) is 0 Å². The molecule has 0 saturated heterocycles. The minimum absolute atomic E-state index is 0.0176. The lowest BCUT2D eigenvalue weighted by atomic mass is 9.98. The molecule has 1 saturated carbocycles. The molecule has 0 aliphatic heterocycles. The summed E-state index contributed by atoms with van der Waals surface area (Å²) in [5.41, 5.74) is 6.09. The number of ether oxygens (including phenoxy) is 2. The van der Waals surface area contributed by atoms with Crippen LogP contribution in [0.25, 0.3) is 11.1 Å². The highest BCUT2D eigenvalue weighted by Crippen LogP contribution is 2.44. The molecule has 2 aromatic carbocycles. The summed E-state index contributed by atoms with van der Waals surface area (Å²) in [6.45, 7) is 1.50. The maximum atomic E-state index is 12.6. The molecule has 4 rings (SSSR count). The third-order valence-corrected chi connectivity index (χ3v) is 5.97. The van der Waals surface area contributed by atoms with E-state index in [0.29, 0.717) is 12.8 Å². The number of esters is 1. The summed E-state index contributed by atoms with van der Waals surface area (Å²) in [4.78, 5) is 53.7. The molecule has 2 unspecified atom stereocenters. The van der Waals surface area contributed by atoms with Gasteiger partial charge in [-0.25, -0.2) is 19.9 Å². The Labute approximate surface area is 201 Å². The predicted octanol–water partition coefficient (Wildman–Crippen LogP) is 2.37. The topological polar surface area (TPSA) is 140 Å². The summed E-state index contributed by atoms with van der Waals surface area (Å²) in [7, 11) is 0. The fourth-order valence-corrected chi connectivity index (χ4v) is 4.14. The quantitative estimate of drug-likeness (QED) is 0.266. The van der Waals surface area contributed by atoms with Gasteiger partial charge in [-0.3, -0.25) is 14.9 Å². The summed E-state index contributed by atoms with van der Waals surface area (Å²) in [6.07, 6.45) is -0.925. The van der Waals surface area contributed by atoms with Gasteiger partial charge in [0, 0.05) is 5.92 Å². The number of fused-ring (bicyclic) bond motifs is 3. The van der Waals surface area contributed by atoms with Crippen LogP contribution in [0.4, 0.5) is 4.79 Å². The van der Waals surface area contributed by atoms with E-state index in [0.717, 1.165) is 22.3 Å². The van der Waals surface area contributed by atoms with E-state index in [4.69, 9.17) is 14.3 Å². The number of aliphatic carboxylic acids is 1.